The summed E-state index contributed by atoms with van der Waals surface area (Å²) in [7, 11) is 0. The SMILES string of the molecule is CCCCCCCCC/C=C/C/C=C/C/C=C/C/C=C/CCCC(=O)O[C@H](COC(=O)CCCCCCCCC)CO[C@H]1O[C@@H](CO)[C@@H](O)C(O)C1O. The van der Waals surface area contributed by atoms with Crippen LogP contribution in [-0.2, 0) is 28.5 Å². The number of ether oxygens (including phenoxy) is 4. The second-order valence-corrected chi connectivity index (χ2v) is 14.1. The Morgan fingerprint density at radius 1 is 0.585 bits per heavy atom. The Kier molecular flexibility index (Phi) is 31.4. The summed E-state index contributed by atoms with van der Waals surface area (Å²) in [6.07, 6.45) is 31.6. The van der Waals surface area contributed by atoms with Gasteiger partial charge in [0.1, 0.15) is 31.0 Å². The summed E-state index contributed by atoms with van der Waals surface area (Å²) in [5.41, 5.74) is 0. The second-order valence-electron chi connectivity index (χ2n) is 14.1. The van der Waals surface area contributed by atoms with Crippen LogP contribution in [0, 0.1) is 0 Å². The van der Waals surface area contributed by atoms with Gasteiger partial charge in [-0.25, -0.2) is 0 Å². The van der Waals surface area contributed by atoms with Gasteiger partial charge in [0.05, 0.1) is 13.2 Å². The topological polar surface area (TPSA) is 152 Å². The molecule has 0 amide bonds. The van der Waals surface area contributed by atoms with Gasteiger partial charge >= 0.3 is 11.9 Å². The molecule has 1 aliphatic heterocycles. The van der Waals surface area contributed by atoms with Crippen molar-refractivity contribution in [1.82, 2.24) is 0 Å². The molecule has 53 heavy (non-hydrogen) atoms. The largest absolute Gasteiger partial charge is 0.462 e. The minimum Gasteiger partial charge on any atom is -0.462 e. The van der Waals surface area contributed by atoms with E-state index in [4.69, 9.17) is 18.9 Å². The number of carbonyl (C=O) groups excluding carboxylic acids is 2. The third-order valence-electron chi connectivity index (χ3n) is 9.22. The average molecular weight is 751 g/mol. The molecular formula is C43H74O10. The number of hydrogen-bond acceptors (Lipinski definition) is 10. The third-order valence-corrected chi connectivity index (χ3v) is 9.22. The molecule has 10 heteroatoms. The van der Waals surface area contributed by atoms with E-state index >= 15 is 0 Å². The molecule has 2 unspecified atom stereocenters. The van der Waals surface area contributed by atoms with Crippen LogP contribution in [-0.4, -0.2) is 89.0 Å². The zero-order chi connectivity index (χ0) is 38.8. The van der Waals surface area contributed by atoms with E-state index in [-0.39, 0.29) is 26.1 Å². The summed E-state index contributed by atoms with van der Waals surface area (Å²) < 4.78 is 21.9. The number of esters is 2. The van der Waals surface area contributed by atoms with Gasteiger partial charge in [0.2, 0.25) is 0 Å². The first-order chi connectivity index (χ1) is 25.8. The summed E-state index contributed by atoms with van der Waals surface area (Å²) in [5.74, 6) is -0.882. The average Bonchev–Trinajstić information content (AvgIpc) is 3.15. The van der Waals surface area contributed by atoms with Crippen molar-refractivity contribution in [2.45, 2.75) is 192 Å². The van der Waals surface area contributed by atoms with Crippen LogP contribution in [0.2, 0.25) is 0 Å². The molecular weight excluding hydrogens is 676 g/mol. The Balaban J connectivity index is 2.36. The maximum atomic E-state index is 12.7. The van der Waals surface area contributed by atoms with Crippen molar-refractivity contribution >= 4 is 11.9 Å². The fourth-order valence-corrected chi connectivity index (χ4v) is 5.89. The molecule has 1 fully saturated rings. The van der Waals surface area contributed by atoms with Crippen molar-refractivity contribution in [3.05, 3.63) is 48.6 Å². The summed E-state index contributed by atoms with van der Waals surface area (Å²) in [6, 6.07) is 0. The van der Waals surface area contributed by atoms with Gasteiger partial charge in [-0.15, -0.1) is 0 Å². The second kappa shape index (κ2) is 34.2. The Bertz CT molecular complexity index is 1010. The first-order valence-corrected chi connectivity index (χ1v) is 20.7. The van der Waals surface area contributed by atoms with E-state index in [0.29, 0.717) is 19.3 Å². The highest BCUT2D eigenvalue weighted by Gasteiger charge is 2.44. The van der Waals surface area contributed by atoms with E-state index in [2.05, 4.69) is 56.4 Å². The highest BCUT2D eigenvalue weighted by atomic mass is 16.7. The van der Waals surface area contributed by atoms with Crippen molar-refractivity contribution in [3.63, 3.8) is 0 Å². The summed E-state index contributed by atoms with van der Waals surface area (Å²) in [5, 5.41) is 39.9. The first-order valence-electron chi connectivity index (χ1n) is 20.7. The molecule has 6 atom stereocenters. The molecule has 0 radical (unpaired) electrons. The van der Waals surface area contributed by atoms with Gasteiger partial charge in [-0.1, -0.05) is 140 Å². The van der Waals surface area contributed by atoms with Crippen molar-refractivity contribution in [2.24, 2.45) is 0 Å². The molecule has 0 spiro atoms. The van der Waals surface area contributed by atoms with Gasteiger partial charge in [-0.2, -0.15) is 0 Å². The van der Waals surface area contributed by atoms with Gasteiger partial charge in [0.15, 0.2) is 12.4 Å². The monoisotopic (exact) mass is 751 g/mol. The van der Waals surface area contributed by atoms with Crippen molar-refractivity contribution < 1.29 is 49.0 Å². The van der Waals surface area contributed by atoms with Crippen LogP contribution in [0.1, 0.15) is 155 Å². The van der Waals surface area contributed by atoms with Crippen LogP contribution in [0.5, 0.6) is 0 Å². The fraction of sp³-hybridized carbons (Fsp3) is 0.767. The Morgan fingerprint density at radius 2 is 1.08 bits per heavy atom. The van der Waals surface area contributed by atoms with E-state index in [1.165, 1.54) is 70.6 Å². The van der Waals surface area contributed by atoms with Gasteiger partial charge in [-0.3, -0.25) is 9.59 Å². The standard InChI is InChI=1S/C43H74O10/c1-3-5-7-9-11-12-13-14-15-16-17-18-19-20-21-22-23-24-26-28-30-32-39(46)52-36(34-50-38(45)31-29-27-25-10-8-6-4-2)35-51-43-42(49)41(48)40(47)37(33-44)53-43/h15-16,18-19,21-22,24,26,36-37,40-44,47-49H,3-14,17,20,23,25,27-35H2,1-2H3/b16-15+,19-18+,22-21+,26-24+/t36-,37+,40-,41?,42?,43+/m1/s1. The maximum Gasteiger partial charge on any atom is 0.306 e. The molecule has 4 N–H and O–H groups in total. The molecule has 306 valence electrons. The summed E-state index contributed by atoms with van der Waals surface area (Å²) >= 11 is 0. The molecule has 1 heterocycles. The zero-order valence-corrected chi connectivity index (χ0v) is 33.0. The Morgan fingerprint density at radius 3 is 1.64 bits per heavy atom. The summed E-state index contributed by atoms with van der Waals surface area (Å²) in [4.78, 5) is 25.1. The van der Waals surface area contributed by atoms with Crippen LogP contribution in [0.3, 0.4) is 0 Å². The highest BCUT2D eigenvalue weighted by molar-refractivity contribution is 5.70. The molecule has 10 nitrogen and oxygen atoms in total. The molecule has 0 aromatic rings. The lowest BCUT2D eigenvalue weighted by Crippen LogP contribution is -2.59. The Labute approximate surface area is 320 Å². The smallest absolute Gasteiger partial charge is 0.306 e. The molecule has 0 bridgehead atoms. The number of hydrogen-bond donors (Lipinski definition) is 4. The van der Waals surface area contributed by atoms with E-state index in [0.717, 1.165) is 38.5 Å². The highest BCUT2D eigenvalue weighted by Crippen LogP contribution is 2.22. The van der Waals surface area contributed by atoms with Gasteiger partial charge in [-0.05, 0) is 51.4 Å². The maximum absolute atomic E-state index is 12.7. The van der Waals surface area contributed by atoms with Crippen molar-refractivity contribution in [2.75, 3.05) is 19.8 Å². The van der Waals surface area contributed by atoms with E-state index in [1.54, 1.807) is 0 Å². The molecule has 0 aromatic carbocycles. The zero-order valence-electron chi connectivity index (χ0n) is 33.0. The molecule has 0 aromatic heterocycles. The summed E-state index contributed by atoms with van der Waals surface area (Å²) in [6.45, 7) is 3.29. The van der Waals surface area contributed by atoms with Gasteiger partial charge < -0.3 is 39.4 Å². The van der Waals surface area contributed by atoms with Crippen molar-refractivity contribution in [1.29, 1.82) is 0 Å². The minimum atomic E-state index is -1.60. The third kappa shape index (κ3) is 26.2. The van der Waals surface area contributed by atoms with Crippen LogP contribution in [0.4, 0.5) is 0 Å². The van der Waals surface area contributed by atoms with Crippen LogP contribution in [0.25, 0.3) is 0 Å². The number of aliphatic hydroxyl groups excluding tert-OH is 4. The number of rotatable bonds is 33. The normalized spacial score (nSPS) is 21.4. The van der Waals surface area contributed by atoms with Crippen LogP contribution >= 0.6 is 0 Å². The number of aliphatic hydroxyl groups is 4. The predicted molar refractivity (Wildman–Crippen MR) is 210 cm³/mol. The number of unbranched alkanes of at least 4 members (excludes halogenated alkanes) is 14. The lowest BCUT2D eigenvalue weighted by Gasteiger charge is -2.39. The lowest BCUT2D eigenvalue weighted by atomic mass is 9.99. The van der Waals surface area contributed by atoms with Gasteiger partial charge in [0, 0.05) is 12.8 Å². The quantitative estimate of drug-likeness (QED) is 0.0294. The van der Waals surface area contributed by atoms with Crippen molar-refractivity contribution in [3.8, 4) is 0 Å². The first kappa shape index (κ1) is 48.7. The molecule has 1 aliphatic rings. The number of allylic oxidation sites excluding steroid dienone is 8. The molecule has 1 rings (SSSR count). The van der Waals surface area contributed by atoms with E-state index < -0.39 is 55.4 Å². The number of carbonyl (C=O) groups is 2. The van der Waals surface area contributed by atoms with E-state index in [1.807, 2.05) is 6.08 Å². The van der Waals surface area contributed by atoms with Gasteiger partial charge in [0.25, 0.3) is 0 Å². The Hall–Kier alpha value is -2.34. The molecule has 0 saturated carbocycles. The minimum absolute atomic E-state index is 0.154. The molecule has 1 saturated heterocycles. The van der Waals surface area contributed by atoms with E-state index in [9.17, 15) is 30.0 Å². The molecule has 0 aliphatic carbocycles. The van der Waals surface area contributed by atoms with Crippen LogP contribution < -0.4 is 0 Å². The predicted octanol–water partition coefficient (Wildman–Crippen LogP) is 8.10. The van der Waals surface area contributed by atoms with Crippen LogP contribution in [0.15, 0.2) is 48.6 Å². The lowest BCUT2D eigenvalue weighted by molar-refractivity contribution is -0.305. The fourth-order valence-electron chi connectivity index (χ4n) is 5.89.